The van der Waals surface area contributed by atoms with E-state index in [1.54, 1.807) is 32.3 Å². The second-order valence-corrected chi connectivity index (χ2v) is 13.9. The van der Waals surface area contributed by atoms with E-state index in [9.17, 15) is 14.4 Å². The summed E-state index contributed by atoms with van der Waals surface area (Å²) in [6, 6.07) is 26.5. The molecule has 4 aromatic rings. The van der Waals surface area contributed by atoms with Crippen molar-refractivity contribution < 1.29 is 47.5 Å². The minimum atomic E-state index is -0.490. The van der Waals surface area contributed by atoms with Crippen LogP contribution >= 0.6 is 0 Å². The lowest BCUT2D eigenvalue weighted by molar-refractivity contribution is -0.140. The van der Waals surface area contributed by atoms with Gasteiger partial charge in [-0.3, -0.25) is 0 Å². The van der Waals surface area contributed by atoms with E-state index in [2.05, 4.69) is 27.0 Å². The molecule has 0 amide bonds. The van der Waals surface area contributed by atoms with E-state index in [1.807, 2.05) is 84.9 Å². The van der Waals surface area contributed by atoms with Crippen LogP contribution in [-0.2, 0) is 34.0 Å². The molecule has 0 radical (unpaired) electrons. The third-order valence-corrected chi connectivity index (χ3v) is 8.94. The lowest BCUT2D eigenvalue weighted by Gasteiger charge is -2.22. The molecule has 5 rings (SSSR count). The Labute approximate surface area is 334 Å². The van der Waals surface area contributed by atoms with Crippen LogP contribution in [0.5, 0.6) is 23.0 Å². The van der Waals surface area contributed by atoms with Crippen molar-refractivity contribution in [2.75, 3.05) is 33.2 Å². The summed E-state index contributed by atoms with van der Waals surface area (Å²) in [5.41, 5.74) is 6.44. The van der Waals surface area contributed by atoms with Gasteiger partial charge >= 0.3 is 17.9 Å². The van der Waals surface area contributed by atoms with Crippen LogP contribution in [-0.4, -0.2) is 51.1 Å². The summed E-state index contributed by atoms with van der Waals surface area (Å²) in [6.07, 6.45) is 7.63. The van der Waals surface area contributed by atoms with Gasteiger partial charge in [0.25, 0.3) is 0 Å². The van der Waals surface area contributed by atoms with Gasteiger partial charge in [-0.1, -0.05) is 63.4 Å². The SMILES string of the molecule is C=C(C)C(=O)OCCCOc1ccc(C=COCOc2ccc3c(c2)C(C)(C)c2cc(OC(=O)C=Cc4ccc(OCCCOC(=O)C(=C)C)cc4)ccc2-3)cc1. The molecule has 0 spiro atoms. The fourth-order valence-electron chi connectivity index (χ4n) is 5.86. The summed E-state index contributed by atoms with van der Waals surface area (Å²) in [5.74, 6) is 1.23. The molecule has 10 heteroatoms. The quantitative estimate of drug-likeness (QED) is 0.0215. The number of esters is 3. The summed E-state index contributed by atoms with van der Waals surface area (Å²) in [5, 5.41) is 0. The predicted molar refractivity (Wildman–Crippen MR) is 219 cm³/mol. The minimum Gasteiger partial charge on any atom is -0.493 e. The third-order valence-electron chi connectivity index (χ3n) is 8.94. The average Bonchev–Trinajstić information content (AvgIpc) is 3.42. The van der Waals surface area contributed by atoms with E-state index in [4.69, 9.17) is 33.2 Å². The van der Waals surface area contributed by atoms with Gasteiger partial charge in [0.15, 0.2) is 0 Å². The highest BCUT2D eigenvalue weighted by atomic mass is 16.7. The zero-order valence-electron chi connectivity index (χ0n) is 32.8. The van der Waals surface area contributed by atoms with E-state index < -0.39 is 17.9 Å². The number of ether oxygens (including phenoxy) is 7. The molecular formula is C47H48O10. The number of hydrogen-bond donors (Lipinski definition) is 0. The van der Waals surface area contributed by atoms with Gasteiger partial charge < -0.3 is 33.2 Å². The van der Waals surface area contributed by atoms with Gasteiger partial charge in [-0.2, -0.15) is 0 Å². The lowest BCUT2D eigenvalue weighted by atomic mass is 9.82. The van der Waals surface area contributed by atoms with Crippen molar-refractivity contribution in [1.29, 1.82) is 0 Å². The Morgan fingerprint density at radius 2 is 1.07 bits per heavy atom. The molecule has 0 saturated heterocycles. The maximum absolute atomic E-state index is 12.8. The van der Waals surface area contributed by atoms with Crippen LogP contribution in [0.25, 0.3) is 23.3 Å². The topological polar surface area (TPSA) is 116 Å². The van der Waals surface area contributed by atoms with Gasteiger partial charge in [-0.15, -0.1) is 0 Å². The van der Waals surface area contributed by atoms with Gasteiger partial charge in [-0.05, 0) is 108 Å². The second kappa shape index (κ2) is 19.9. The number of benzene rings is 4. The third kappa shape index (κ3) is 12.0. The second-order valence-electron chi connectivity index (χ2n) is 13.9. The molecular weight excluding hydrogens is 725 g/mol. The maximum atomic E-state index is 12.8. The standard InChI is InChI=1S/C47H48O10/c1-32(2)45(49)54-26-7-24-52-36-14-9-34(10-15-36)13-22-44(48)57-39-19-21-41-40-20-18-38(29-42(40)47(5,6)43(41)30-39)56-31-51-28-23-35-11-16-37(17-12-35)53-25-8-27-55-46(50)33(3)4/h9-23,28-30H,1,3,7-8,24-27,31H2,2,4-6H3. The molecule has 4 aromatic carbocycles. The molecule has 10 nitrogen and oxygen atoms in total. The van der Waals surface area contributed by atoms with Crippen LogP contribution in [0.3, 0.4) is 0 Å². The largest absolute Gasteiger partial charge is 0.493 e. The summed E-state index contributed by atoms with van der Waals surface area (Å²) in [6.45, 7) is 16.0. The molecule has 0 N–H and O–H groups in total. The highest BCUT2D eigenvalue weighted by molar-refractivity contribution is 5.89. The molecule has 0 bridgehead atoms. The van der Waals surface area contributed by atoms with E-state index in [0.29, 0.717) is 54.5 Å². The Hall–Kier alpha value is -6.55. The Balaban J connectivity index is 1.05. The lowest BCUT2D eigenvalue weighted by Crippen LogP contribution is -2.15. The molecule has 0 fully saturated rings. The highest BCUT2D eigenvalue weighted by Crippen LogP contribution is 2.50. The average molecular weight is 773 g/mol. The fraction of sp³-hybridized carbons (Fsp3) is 0.255. The van der Waals surface area contributed by atoms with E-state index in [0.717, 1.165) is 39.1 Å². The van der Waals surface area contributed by atoms with Gasteiger partial charge in [0.2, 0.25) is 6.79 Å². The first-order chi connectivity index (χ1) is 27.4. The number of carbonyl (C=O) groups is 3. The van der Waals surface area contributed by atoms with Crippen molar-refractivity contribution in [1.82, 2.24) is 0 Å². The maximum Gasteiger partial charge on any atom is 0.336 e. The van der Waals surface area contributed by atoms with Crippen molar-refractivity contribution in [2.24, 2.45) is 0 Å². The number of rotatable bonds is 20. The Kier molecular flexibility index (Phi) is 14.5. The first kappa shape index (κ1) is 41.6. The number of fused-ring (bicyclic) bond motifs is 3. The van der Waals surface area contributed by atoms with Crippen LogP contribution in [0, 0.1) is 0 Å². The summed E-state index contributed by atoms with van der Waals surface area (Å²) < 4.78 is 38.8. The van der Waals surface area contributed by atoms with Gasteiger partial charge in [0.1, 0.15) is 23.0 Å². The normalized spacial score (nSPS) is 12.4. The molecule has 0 aliphatic heterocycles. The molecule has 0 unspecified atom stereocenters. The van der Waals surface area contributed by atoms with Crippen molar-refractivity contribution >= 4 is 30.1 Å². The zero-order chi connectivity index (χ0) is 40.8. The van der Waals surface area contributed by atoms with Crippen molar-refractivity contribution in [3.05, 3.63) is 144 Å². The number of carbonyl (C=O) groups excluding carboxylic acids is 3. The van der Waals surface area contributed by atoms with Crippen LogP contribution in [0.4, 0.5) is 0 Å². The summed E-state index contributed by atoms with van der Waals surface area (Å²) in [4.78, 5) is 35.6. The fourth-order valence-corrected chi connectivity index (χ4v) is 5.86. The smallest absolute Gasteiger partial charge is 0.336 e. The van der Waals surface area contributed by atoms with Crippen LogP contribution in [0.2, 0.25) is 0 Å². The summed E-state index contributed by atoms with van der Waals surface area (Å²) in [7, 11) is 0. The molecule has 1 aliphatic rings. The Morgan fingerprint density at radius 3 is 1.60 bits per heavy atom. The van der Waals surface area contributed by atoms with Crippen molar-refractivity contribution in [3.63, 3.8) is 0 Å². The van der Waals surface area contributed by atoms with Crippen LogP contribution in [0.1, 0.15) is 62.8 Å². The molecule has 0 atom stereocenters. The van der Waals surface area contributed by atoms with Gasteiger partial charge in [0.05, 0.1) is 32.7 Å². The summed E-state index contributed by atoms with van der Waals surface area (Å²) >= 11 is 0. The highest BCUT2D eigenvalue weighted by Gasteiger charge is 2.36. The number of hydrogen-bond acceptors (Lipinski definition) is 10. The zero-order valence-corrected chi connectivity index (χ0v) is 32.8. The monoisotopic (exact) mass is 772 g/mol. The first-order valence-electron chi connectivity index (χ1n) is 18.6. The van der Waals surface area contributed by atoms with Crippen LogP contribution < -0.4 is 18.9 Å². The molecule has 0 aromatic heterocycles. The first-order valence-corrected chi connectivity index (χ1v) is 18.6. The predicted octanol–water partition coefficient (Wildman–Crippen LogP) is 9.41. The van der Waals surface area contributed by atoms with Crippen molar-refractivity contribution in [3.8, 4) is 34.1 Å². The van der Waals surface area contributed by atoms with Crippen molar-refractivity contribution in [2.45, 2.75) is 46.0 Å². The Bertz CT molecular complexity index is 2120. The molecule has 0 saturated carbocycles. The molecule has 0 heterocycles. The van der Waals surface area contributed by atoms with Gasteiger partial charge in [-0.25, -0.2) is 14.4 Å². The van der Waals surface area contributed by atoms with E-state index in [1.165, 1.54) is 6.08 Å². The molecule has 296 valence electrons. The van der Waals surface area contributed by atoms with Gasteiger partial charge in [0, 0.05) is 35.5 Å². The molecule has 1 aliphatic carbocycles. The van der Waals surface area contributed by atoms with Crippen LogP contribution in [0.15, 0.2) is 122 Å². The molecule has 57 heavy (non-hydrogen) atoms. The van der Waals surface area contributed by atoms with E-state index >= 15 is 0 Å². The minimum absolute atomic E-state index is 0.0295. The Morgan fingerprint density at radius 1 is 0.596 bits per heavy atom. The van der Waals surface area contributed by atoms with E-state index in [-0.39, 0.29) is 25.4 Å².